The molecule has 25 heavy (non-hydrogen) atoms. The molecule has 2 N–H and O–H groups in total. The lowest BCUT2D eigenvalue weighted by molar-refractivity contribution is 0.336. The van der Waals surface area contributed by atoms with Gasteiger partial charge in [0.2, 0.25) is 0 Å². The van der Waals surface area contributed by atoms with E-state index < -0.39 is 0 Å². The van der Waals surface area contributed by atoms with E-state index in [4.69, 9.17) is 4.74 Å². The Labute approximate surface area is 150 Å². The van der Waals surface area contributed by atoms with Crippen LogP contribution >= 0.6 is 0 Å². The van der Waals surface area contributed by atoms with Crippen LogP contribution in [0.25, 0.3) is 0 Å². The Bertz CT molecular complexity index is 721. The van der Waals surface area contributed by atoms with Gasteiger partial charge in [-0.25, -0.2) is 0 Å². The van der Waals surface area contributed by atoms with Gasteiger partial charge in [0.1, 0.15) is 5.75 Å². The maximum atomic E-state index is 5.66. The minimum Gasteiger partial charge on any atom is -0.494 e. The van der Waals surface area contributed by atoms with Crippen LogP contribution in [-0.2, 0) is 20.0 Å². The number of nitrogens with zero attached hydrogens (tertiary/aromatic N) is 3. The molecular formula is C19H29N5O. The number of para-hydroxylation sites is 1. The van der Waals surface area contributed by atoms with E-state index in [0.717, 1.165) is 35.9 Å². The minimum atomic E-state index is 0.661. The monoisotopic (exact) mass is 343 g/mol. The van der Waals surface area contributed by atoms with E-state index >= 15 is 0 Å². The number of aryl methyl sites for hydroxylation is 2. The third kappa shape index (κ3) is 4.98. The lowest BCUT2D eigenvalue weighted by Gasteiger charge is -2.14. The van der Waals surface area contributed by atoms with Crippen LogP contribution in [0, 0.1) is 13.8 Å². The van der Waals surface area contributed by atoms with Crippen LogP contribution in [0.5, 0.6) is 5.75 Å². The van der Waals surface area contributed by atoms with Crippen molar-refractivity contribution in [2.45, 2.75) is 33.7 Å². The van der Waals surface area contributed by atoms with E-state index in [1.807, 2.05) is 36.9 Å². The van der Waals surface area contributed by atoms with Crippen LogP contribution in [0.15, 0.2) is 29.3 Å². The highest BCUT2D eigenvalue weighted by atomic mass is 16.5. The number of hydrogen-bond acceptors (Lipinski definition) is 3. The van der Waals surface area contributed by atoms with Gasteiger partial charge in [-0.3, -0.25) is 9.67 Å². The summed E-state index contributed by atoms with van der Waals surface area (Å²) in [6.45, 7) is 8.29. The second-order valence-electron chi connectivity index (χ2n) is 5.92. The molecule has 0 saturated carbocycles. The van der Waals surface area contributed by atoms with Crippen molar-refractivity contribution in [3.8, 4) is 5.75 Å². The summed E-state index contributed by atoms with van der Waals surface area (Å²) in [6.07, 6.45) is 0.918. The number of nitrogens with one attached hydrogen (secondary N) is 2. The molecule has 2 rings (SSSR count). The zero-order valence-electron chi connectivity index (χ0n) is 15.9. The highest BCUT2D eigenvalue weighted by Gasteiger charge is 2.09. The highest BCUT2D eigenvalue weighted by Crippen LogP contribution is 2.17. The van der Waals surface area contributed by atoms with Crippen LogP contribution < -0.4 is 15.4 Å². The van der Waals surface area contributed by atoms with Crippen molar-refractivity contribution in [1.82, 2.24) is 20.4 Å². The van der Waals surface area contributed by atoms with Gasteiger partial charge in [-0.2, -0.15) is 5.10 Å². The molecule has 0 bridgehead atoms. The SMILES string of the molecule is CCOc1ccccc1CNC(=NC)NCCc1c(C)nn(C)c1C. The van der Waals surface area contributed by atoms with Crippen LogP contribution in [0.3, 0.4) is 0 Å². The predicted octanol–water partition coefficient (Wildman–Crippen LogP) is 2.34. The van der Waals surface area contributed by atoms with Crippen molar-refractivity contribution in [2.75, 3.05) is 20.2 Å². The fourth-order valence-corrected chi connectivity index (χ4v) is 2.83. The first kappa shape index (κ1) is 18.8. The molecule has 0 aliphatic carbocycles. The third-order valence-corrected chi connectivity index (χ3v) is 4.27. The fourth-order valence-electron chi connectivity index (χ4n) is 2.83. The standard InChI is InChI=1S/C19H29N5O/c1-6-25-18-10-8-7-9-16(18)13-22-19(20-4)21-12-11-17-14(2)23-24(5)15(17)3/h7-10H,6,11-13H2,1-5H3,(H2,20,21,22). The highest BCUT2D eigenvalue weighted by molar-refractivity contribution is 5.79. The number of aliphatic imine (C=N–C) groups is 1. The van der Waals surface area contributed by atoms with E-state index in [0.29, 0.717) is 13.2 Å². The van der Waals surface area contributed by atoms with Crippen molar-refractivity contribution < 1.29 is 4.74 Å². The van der Waals surface area contributed by atoms with E-state index in [1.165, 1.54) is 11.3 Å². The zero-order chi connectivity index (χ0) is 18.2. The number of rotatable bonds is 7. The zero-order valence-corrected chi connectivity index (χ0v) is 15.9. The third-order valence-electron chi connectivity index (χ3n) is 4.27. The number of hydrogen-bond donors (Lipinski definition) is 2. The molecule has 136 valence electrons. The summed E-state index contributed by atoms with van der Waals surface area (Å²) in [4.78, 5) is 4.29. The fraction of sp³-hybridized carbons (Fsp3) is 0.474. The lowest BCUT2D eigenvalue weighted by Crippen LogP contribution is -2.38. The van der Waals surface area contributed by atoms with Gasteiger partial charge in [0.25, 0.3) is 0 Å². The first-order valence-corrected chi connectivity index (χ1v) is 8.71. The molecule has 0 fully saturated rings. The average molecular weight is 343 g/mol. The van der Waals surface area contributed by atoms with Gasteiger partial charge in [-0.15, -0.1) is 0 Å². The van der Waals surface area contributed by atoms with Crippen molar-refractivity contribution >= 4 is 5.96 Å². The van der Waals surface area contributed by atoms with E-state index in [9.17, 15) is 0 Å². The molecular weight excluding hydrogens is 314 g/mol. The summed E-state index contributed by atoms with van der Waals surface area (Å²) < 4.78 is 7.59. The Morgan fingerprint density at radius 3 is 2.64 bits per heavy atom. The maximum absolute atomic E-state index is 5.66. The summed E-state index contributed by atoms with van der Waals surface area (Å²) in [7, 11) is 3.76. The van der Waals surface area contributed by atoms with Crippen molar-refractivity contribution in [3.63, 3.8) is 0 Å². The number of guanidine groups is 1. The van der Waals surface area contributed by atoms with Gasteiger partial charge in [0.05, 0.1) is 12.3 Å². The smallest absolute Gasteiger partial charge is 0.191 e. The summed E-state index contributed by atoms with van der Waals surface area (Å²) in [5.74, 6) is 1.69. The van der Waals surface area contributed by atoms with E-state index in [1.54, 1.807) is 7.05 Å². The molecule has 0 amide bonds. The van der Waals surface area contributed by atoms with Gasteiger partial charge >= 0.3 is 0 Å². The Balaban J connectivity index is 1.87. The summed E-state index contributed by atoms with van der Waals surface area (Å²) >= 11 is 0. The van der Waals surface area contributed by atoms with Crippen LogP contribution in [0.4, 0.5) is 0 Å². The first-order chi connectivity index (χ1) is 12.1. The summed E-state index contributed by atoms with van der Waals surface area (Å²) in [5, 5.41) is 11.2. The van der Waals surface area contributed by atoms with Gasteiger partial charge in [-0.1, -0.05) is 18.2 Å². The molecule has 0 unspecified atom stereocenters. The van der Waals surface area contributed by atoms with E-state index in [-0.39, 0.29) is 0 Å². The minimum absolute atomic E-state index is 0.661. The number of ether oxygens (including phenoxy) is 1. The van der Waals surface area contributed by atoms with Crippen LogP contribution in [0.1, 0.15) is 29.4 Å². The topological polar surface area (TPSA) is 63.5 Å². The molecule has 0 aliphatic heterocycles. The van der Waals surface area contributed by atoms with Crippen molar-refractivity contribution in [3.05, 3.63) is 46.8 Å². The number of aromatic nitrogens is 2. The quantitative estimate of drug-likeness (QED) is 0.598. The predicted molar refractivity (Wildman–Crippen MR) is 102 cm³/mol. The second kappa shape index (κ2) is 9.11. The molecule has 0 radical (unpaired) electrons. The summed E-state index contributed by atoms with van der Waals surface area (Å²) in [6, 6.07) is 8.06. The molecule has 0 spiro atoms. The molecule has 1 aromatic carbocycles. The average Bonchev–Trinajstić information content (AvgIpc) is 2.85. The van der Waals surface area contributed by atoms with Crippen molar-refractivity contribution in [1.29, 1.82) is 0 Å². The van der Waals surface area contributed by atoms with Gasteiger partial charge in [0.15, 0.2) is 5.96 Å². The molecule has 6 nitrogen and oxygen atoms in total. The Kier molecular flexibility index (Phi) is 6.86. The van der Waals surface area contributed by atoms with Gasteiger partial charge < -0.3 is 15.4 Å². The Morgan fingerprint density at radius 2 is 2.00 bits per heavy atom. The van der Waals surface area contributed by atoms with Gasteiger partial charge in [-0.05, 0) is 38.8 Å². The maximum Gasteiger partial charge on any atom is 0.191 e. The number of benzene rings is 1. The molecule has 6 heteroatoms. The molecule has 1 aromatic heterocycles. The molecule has 2 aromatic rings. The Hall–Kier alpha value is -2.50. The molecule has 0 aliphatic rings. The molecule has 1 heterocycles. The van der Waals surface area contributed by atoms with Gasteiger partial charge in [0, 0.05) is 38.4 Å². The normalized spacial score (nSPS) is 11.5. The molecule has 0 atom stereocenters. The second-order valence-corrected chi connectivity index (χ2v) is 5.92. The summed E-state index contributed by atoms with van der Waals surface area (Å²) in [5.41, 5.74) is 4.72. The molecule has 0 saturated heterocycles. The first-order valence-electron chi connectivity index (χ1n) is 8.71. The lowest BCUT2D eigenvalue weighted by atomic mass is 10.1. The van der Waals surface area contributed by atoms with E-state index in [2.05, 4.69) is 40.6 Å². The largest absolute Gasteiger partial charge is 0.494 e. The Morgan fingerprint density at radius 1 is 1.24 bits per heavy atom. The van der Waals surface area contributed by atoms with Crippen LogP contribution in [-0.4, -0.2) is 35.9 Å². The van der Waals surface area contributed by atoms with Crippen molar-refractivity contribution in [2.24, 2.45) is 12.0 Å². The van der Waals surface area contributed by atoms with Crippen LogP contribution in [0.2, 0.25) is 0 Å².